The van der Waals surface area contributed by atoms with E-state index in [9.17, 15) is 0 Å². The third kappa shape index (κ3) is 2.96. The van der Waals surface area contributed by atoms with Crippen molar-refractivity contribution in [3.8, 4) is 0 Å². The quantitative estimate of drug-likeness (QED) is 0.646. The Bertz CT molecular complexity index is 128. The Morgan fingerprint density at radius 3 is 1.64 bits per heavy atom. The monoisotopic (exact) mass is 200 g/mol. The smallest absolute Gasteiger partial charge is 0.0242 e. The van der Waals surface area contributed by atoms with Gasteiger partial charge in [0.2, 0.25) is 0 Å². The average Bonchev–Trinajstić information content (AvgIpc) is 2.33. The molecule has 2 heterocycles. The lowest BCUT2D eigenvalue weighted by Crippen LogP contribution is -2.61. The molecule has 0 aromatic rings. The molecule has 0 unspecified atom stereocenters. The van der Waals surface area contributed by atoms with Crippen LogP contribution in [0.1, 0.15) is 47.0 Å². The maximum absolute atomic E-state index is 3.40. The van der Waals surface area contributed by atoms with Crippen LogP contribution >= 0.6 is 0 Å². The van der Waals surface area contributed by atoms with E-state index in [-0.39, 0.29) is 0 Å². The summed E-state index contributed by atoms with van der Waals surface area (Å²) in [6.07, 6.45) is 4.16. The Kier molecular flexibility index (Phi) is 7.20. The lowest BCUT2D eigenvalue weighted by molar-refractivity contribution is -0.0139. The van der Waals surface area contributed by atoms with Gasteiger partial charge in [0.1, 0.15) is 0 Å². The van der Waals surface area contributed by atoms with E-state index >= 15 is 0 Å². The summed E-state index contributed by atoms with van der Waals surface area (Å²) in [4.78, 5) is 2.52. The molecule has 0 bridgehead atoms. The lowest BCUT2D eigenvalue weighted by Gasteiger charge is -2.53. The second-order valence-electron chi connectivity index (χ2n) is 3.65. The van der Waals surface area contributed by atoms with Crippen molar-refractivity contribution < 1.29 is 0 Å². The Balaban J connectivity index is 0.000000379. The molecule has 14 heavy (non-hydrogen) atoms. The maximum Gasteiger partial charge on any atom is 0.0242 e. The van der Waals surface area contributed by atoms with Crippen molar-refractivity contribution in [2.45, 2.75) is 52.5 Å². The number of nitrogens with one attached hydrogen (secondary N) is 1. The molecule has 1 spiro atoms. The summed E-state index contributed by atoms with van der Waals surface area (Å²) < 4.78 is 0. The van der Waals surface area contributed by atoms with Gasteiger partial charge in [0.25, 0.3) is 0 Å². The zero-order chi connectivity index (χ0) is 11.0. The van der Waals surface area contributed by atoms with Crippen LogP contribution in [0.2, 0.25) is 0 Å². The Morgan fingerprint density at radius 2 is 1.43 bits per heavy atom. The van der Waals surface area contributed by atoms with Crippen LogP contribution in [0.15, 0.2) is 0 Å². The Morgan fingerprint density at radius 1 is 0.929 bits per heavy atom. The molecule has 2 fully saturated rings. The molecule has 0 saturated carbocycles. The van der Waals surface area contributed by atoms with Crippen LogP contribution in [0.5, 0.6) is 0 Å². The first-order valence-corrected chi connectivity index (χ1v) is 6.25. The molecule has 2 saturated heterocycles. The summed E-state index contributed by atoms with van der Waals surface area (Å²) in [6.45, 7) is 11.8. The number of piperidine rings is 1. The Hall–Kier alpha value is -0.0800. The van der Waals surface area contributed by atoms with E-state index in [1.54, 1.807) is 0 Å². The molecule has 2 heteroatoms. The number of likely N-dealkylation sites (tertiary alicyclic amines) is 1. The van der Waals surface area contributed by atoms with Gasteiger partial charge in [0, 0.05) is 12.1 Å². The van der Waals surface area contributed by atoms with Crippen molar-refractivity contribution in [3.05, 3.63) is 0 Å². The van der Waals surface area contributed by atoms with Crippen LogP contribution in [-0.2, 0) is 0 Å². The van der Waals surface area contributed by atoms with Crippen molar-refractivity contribution >= 4 is 0 Å². The van der Waals surface area contributed by atoms with Gasteiger partial charge in [0.05, 0.1) is 0 Å². The van der Waals surface area contributed by atoms with Crippen LogP contribution in [0.4, 0.5) is 0 Å². The van der Waals surface area contributed by atoms with E-state index in [1.165, 1.54) is 38.9 Å². The predicted molar refractivity (Wildman–Crippen MR) is 64.8 cm³/mol. The minimum Gasteiger partial charge on any atom is -0.317 e. The summed E-state index contributed by atoms with van der Waals surface area (Å²) in [5.74, 6) is 0. The van der Waals surface area contributed by atoms with Gasteiger partial charge in [-0.15, -0.1) is 0 Å². The first-order chi connectivity index (χ1) is 6.83. The maximum atomic E-state index is 3.40. The normalized spacial score (nSPS) is 23.8. The highest BCUT2D eigenvalue weighted by atomic mass is 15.2. The molecule has 2 aliphatic heterocycles. The molecule has 2 rings (SSSR count). The zero-order valence-corrected chi connectivity index (χ0v) is 10.7. The van der Waals surface area contributed by atoms with Gasteiger partial charge in [-0.2, -0.15) is 0 Å². The topological polar surface area (TPSA) is 15.3 Å². The number of rotatable bonds is 0. The van der Waals surface area contributed by atoms with Gasteiger partial charge in [-0.05, 0) is 39.4 Å². The molecular formula is C12H28N2. The van der Waals surface area contributed by atoms with Crippen molar-refractivity contribution in [1.82, 2.24) is 10.2 Å². The fraction of sp³-hybridized carbons (Fsp3) is 1.00. The second kappa shape index (κ2) is 7.24. The average molecular weight is 200 g/mol. The van der Waals surface area contributed by atoms with Crippen LogP contribution in [-0.4, -0.2) is 37.1 Å². The summed E-state index contributed by atoms with van der Waals surface area (Å²) >= 11 is 0. The zero-order valence-electron chi connectivity index (χ0n) is 10.7. The van der Waals surface area contributed by atoms with Gasteiger partial charge in [-0.1, -0.05) is 27.7 Å². The van der Waals surface area contributed by atoms with E-state index in [1.807, 2.05) is 27.7 Å². The number of nitrogens with zero attached hydrogens (tertiary/aromatic N) is 1. The van der Waals surface area contributed by atoms with Gasteiger partial charge in [0.15, 0.2) is 0 Å². The van der Waals surface area contributed by atoms with Crippen molar-refractivity contribution in [3.63, 3.8) is 0 Å². The van der Waals surface area contributed by atoms with Crippen molar-refractivity contribution in [1.29, 1.82) is 0 Å². The molecule has 0 aromatic heterocycles. The molecule has 0 radical (unpaired) electrons. The molecule has 2 nitrogen and oxygen atoms in total. The first-order valence-electron chi connectivity index (χ1n) is 6.25. The van der Waals surface area contributed by atoms with E-state index in [4.69, 9.17) is 0 Å². The Labute approximate surface area is 90.1 Å². The largest absolute Gasteiger partial charge is 0.317 e. The summed E-state index contributed by atoms with van der Waals surface area (Å²) in [6, 6.07) is 0. The minimum atomic E-state index is 0.630. The minimum absolute atomic E-state index is 0.630. The summed E-state index contributed by atoms with van der Waals surface area (Å²) in [5, 5.41) is 3.40. The number of hydrogen-bond donors (Lipinski definition) is 1. The highest BCUT2D eigenvalue weighted by Gasteiger charge is 2.42. The standard InChI is InChI=1S/C8H16N2.2C2H6/c1-10-7-4-8(10)2-5-9-6-3-8;2*1-2/h9H,2-7H2,1H3;2*1-2H3. The third-order valence-electron chi connectivity index (χ3n) is 3.26. The predicted octanol–water partition coefficient (Wildman–Crippen LogP) is 2.50. The van der Waals surface area contributed by atoms with E-state index in [0.717, 1.165) is 0 Å². The summed E-state index contributed by atoms with van der Waals surface area (Å²) in [7, 11) is 2.26. The molecule has 0 aliphatic carbocycles. The fourth-order valence-corrected chi connectivity index (χ4v) is 2.18. The summed E-state index contributed by atoms with van der Waals surface area (Å²) in [5.41, 5.74) is 0.630. The first kappa shape index (κ1) is 13.9. The van der Waals surface area contributed by atoms with Crippen molar-refractivity contribution in [2.24, 2.45) is 0 Å². The number of hydrogen-bond acceptors (Lipinski definition) is 2. The molecular weight excluding hydrogens is 172 g/mol. The van der Waals surface area contributed by atoms with Gasteiger partial charge in [-0.25, -0.2) is 0 Å². The van der Waals surface area contributed by atoms with Crippen LogP contribution < -0.4 is 5.32 Å². The highest BCUT2D eigenvalue weighted by Crippen LogP contribution is 2.36. The fourth-order valence-electron chi connectivity index (χ4n) is 2.18. The van der Waals surface area contributed by atoms with E-state index in [0.29, 0.717) is 5.54 Å². The molecule has 1 N–H and O–H groups in total. The second-order valence-corrected chi connectivity index (χ2v) is 3.65. The van der Waals surface area contributed by atoms with Crippen molar-refractivity contribution in [2.75, 3.05) is 26.7 Å². The van der Waals surface area contributed by atoms with Gasteiger partial charge in [-0.3, -0.25) is 0 Å². The SMILES string of the molecule is CC.CC.CN1CCC12CCNCC2. The van der Waals surface area contributed by atoms with Gasteiger partial charge >= 0.3 is 0 Å². The van der Waals surface area contributed by atoms with Crippen LogP contribution in [0, 0.1) is 0 Å². The third-order valence-corrected chi connectivity index (χ3v) is 3.26. The van der Waals surface area contributed by atoms with Crippen LogP contribution in [0.3, 0.4) is 0 Å². The van der Waals surface area contributed by atoms with E-state index < -0.39 is 0 Å². The highest BCUT2D eigenvalue weighted by molar-refractivity contribution is 5.00. The van der Waals surface area contributed by atoms with Gasteiger partial charge < -0.3 is 10.2 Å². The molecule has 0 amide bonds. The molecule has 2 aliphatic rings. The van der Waals surface area contributed by atoms with Crippen LogP contribution in [0.25, 0.3) is 0 Å². The molecule has 0 atom stereocenters. The lowest BCUT2D eigenvalue weighted by atomic mass is 9.77. The molecule has 0 aromatic carbocycles. The molecule has 86 valence electrons. The van der Waals surface area contributed by atoms with E-state index in [2.05, 4.69) is 17.3 Å².